The van der Waals surface area contributed by atoms with Crippen LogP contribution in [0, 0.1) is 11.8 Å². The van der Waals surface area contributed by atoms with E-state index in [0.717, 1.165) is 16.2 Å². The molecule has 2 fully saturated rings. The third kappa shape index (κ3) is 3.26. The molecule has 3 aliphatic rings. The third-order valence-corrected chi connectivity index (χ3v) is 8.15. The summed E-state index contributed by atoms with van der Waals surface area (Å²) >= 11 is 9.84. The van der Waals surface area contributed by atoms with Gasteiger partial charge in [0.15, 0.2) is 5.78 Å². The van der Waals surface area contributed by atoms with Gasteiger partial charge in [-0.2, -0.15) is 0 Å². The van der Waals surface area contributed by atoms with Crippen molar-refractivity contribution in [3.8, 4) is 5.75 Å². The zero-order chi connectivity index (χ0) is 25.1. The van der Waals surface area contributed by atoms with E-state index >= 15 is 0 Å². The number of Topliss-reactive ketones (excluding diaryl/α,β-unsaturated/α-hetero) is 1. The van der Waals surface area contributed by atoms with Gasteiger partial charge in [0.1, 0.15) is 11.8 Å². The minimum atomic E-state index is -0.865. The van der Waals surface area contributed by atoms with Crippen LogP contribution in [0.5, 0.6) is 5.75 Å². The summed E-state index contributed by atoms with van der Waals surface area (Å²) < 4.78 is 5.95. The molecule has 2 amide bonds. The first kappa shape index (κ1) is 23.0. The van der Waals surface area contributed by atoms with E-state index in [0.29, 0.717) is 26.5 Å². The largest absolute Gasteiger partial charge is 0.496 e. The molecule has 0 bridgehead atoms. The van der Waals surface area contributed by atoms with E-state index in [9.17, 15) is 14.4 Å². The molecular formula is C28H20BrClN2O4. The molecule has 0 aromatic heterocycles. The summed E-state index contributed by atoms with van der Waals surface area (Å²) in [4.78, 5) is 45.0. The minimum Gasteiger partial charge on any atom is -0.496 e. The standard InChI is InChI=1S/C28H20BrClN2O4/c1-36-22-13-11-16(14-17(22)29)26(33)25-24-23(21-12-10-15-6-2-4-8-19(15)31(21)25)27(34)32(28(24)35)20-9-5-3-7-18(20)30/h2-14,21,23-25H,1H3/t21-,23-,24+,25-/m1/s1. The van der Waals surface area contributed by atoms with Gasteiger partial charge >= 0.3 is 0 Å². The number of hydrogen-bond acceptors (Lipinski definition) is 5. The van der Waals surface area contributed by atoms with E-state index in [-0.39, 0.29) is 11.7 Å². The Kier molecular flexibility index (Phi) is 5.50. The van der Waals surface area contributed by atoms with E-state index in [1.807, 2.05) is 41.3 Å². The molecule has 0 N–H and O–H groups in total. The van der Waals surface area contributed by atoms with E-state index in [1.165, 1.54) is 0 Å². The van der Waals surface area contributed by atoms with Crippen LogP contribution in [0.4, 0.5) is 11.4 Å². The number of benzene rings is 3. The first-order chi connectivity index (χ1) is 17.4. The molecule has 180 valence electrons. The van der Waals surface area contributed by atoms with Crippen LogP contribution in [-0.4, -0.2) is 36.8 Å². The normalized spacial score (nSPS) is 24.0. The fraction of sp³-hybridized carbons (Fsp3) is 0.179. The number of ether oxygens (including phenoxy) is 1. The Balaban J connectivity index is 1.50. The maximum atomic E-state index is 14.1. The Morgan fingerprint density at radius 2 is 1.64 bits per heavy atom. The molecule has 6 nitrogen and oxygen atoms in total. The maximum absolute atomic E-state index is 14.1. The summed E-state index contributed by atoms with van der Waals surface area (Å²) in [5.41, 5.74) is 2.53. The Morgan fingerprint density at radius 3 is 2.36 bits per heavy atom. The molecule has 4 atom stereocenters. The van der Waals surface area contributed by atoms with Crippen molar-refractivity contribution in [2.45, 2.75) is 12.1 Å². The van der Waals surface area contributed by atoms with Crippen LogP contribution < -0.4 is 14.5 Å². The average molecular weight is 564 g/mol. The number of ketones is 1. The molecule has 0 aliphatic carbocycles. The molecular weight excluding hydrogens is 544 g/mol. The molecule has 0 radical (unpaired) electrons. The van der Waals surface area contributed by atoms with Crippen molar-refractivity contribution in [3.63, 3.8) is 0 Å². The Morgan fingerprint density at radius 1 is 0.944 bits per heavy atom. The molecule has 0 spiro atoms. The summed E-state index contributed by atoms with van der Waals surface area (Å²) in [5, 5.41) is 0.308. The summed E-state index contributed by atoms with van der Waals surface area (Å²) in [5.74, 6) is -1.97. The van der Waals surface area contributed by atoms with Gasteiger partial charge < -0.3 is 9.64 Å². The maximum Gasteiger partial charge on any atom is 0.240 e. The van der Waals surface area contributed by atoms with Gasteiger partial charge in [0.05, 0.1) is 40.2 Å². The lowest BCUT2D eigenvalue weighted by atomic mass is 9.86. The third-order valence-electron chi connectivity index (χ3n) is 7.21. The second kappa shape index (κ2) is 8.61. The predicted octanol–water partition coefficient (Wildman–Crippen LogP) is 5.38. The second-order valence-electron chi connectivity index (χ2n) is 8.99. The molecule has 36 heavy (non-hydrogen) atoms. The highest BCUT2D eigenvalue weighted by atomic mass is 79.9. The van der Waals surface area contributed by atoms with Crippen molar-refractivity contribution in [2.75, 3.05) is 16.9 Å². The monoisotopic (exact) mass is 562 g/mol. The highest BCUT2D eigenvalue weighted by molar-refractivity contribution is 9.10. The van der Waals surface area contributed by atoms with Crippen molar-refractivity contribution >= 4 is 62.6 Å². The fourth-order valence-corrected chi connectivity index (χ4v) is 6.44. The molecule has 3 aliphatic heterocycles. The summed E-state index contributed by atoms with van der Waals surface area (Å²) in [6, 6.07) is 18.3. The van der Waals surface area contributed by atoms with E-state index in [4.69, 9.17) is 16.3 Å². The number of rotatable bonds is 4. The van der Waals surface area contributed by atoms with Gasteiger partial charge in [-0.15, -0.1) is 0 Å². The topological polar surface area (TPSA) is 66.9 Å². The van der Waals surface area contributed by atoms with Gasteiger partial charge in [-0.05, 0) is 57.9 Å². The number of carbonyl (C=O) groups is 3. The minimum absolute atomic E-state index is 0.233. The van der Waals surface area contributed by atoms with Crippen LogP contribution in [0.15, 0.2) is 77.3 Å². The molecule has 3 heterocycles. The Hall–Kier alpha value is -3.42. The molecule has 3 aromatic rings. The van der Waals surface area contributed by atoms with E-state index < -0.39 is 29.8 Å². The van der Waals surface area contributed by atoms with Crippen molar-refractivity contribution < 1.29 is 19.1 Å². The molecule has 0 saturated carbocycles. The number of imide groups is 1. The lowest BCUT2D eigenvalue weighted by Crippen LogP contribution is -2.48. The van der Waals surface area contributed by atoms with Gasteiger partial charge in [-0.3, -0.25) is 14.4 Å². The van der Waals surface area contributed by atoms with Crippen LogP contribution in [0.3, 0.4) is 0 Å². The van der Waals surface area contributed by atoms with Gasteiger partial charge in [-0.25, -0.2) is 4.90 Å². The van der Waals surface area contributed by atoms with Crippen LogP contribution >= 0.6 is 27.5 Å². The quantitative estimate of drug-likeness (QED) is 0.315. The number of para-hydroxylation sites is 2. The first-order valence-corrected chi connectivity index (χ1v) is 12.6. The average Bonchev–Trinajstić information content (AvgIpc) is 3.36. The highest BCUT2D eigenvalue weighted by Crippen LogP contribution is 2.50. The fourth-order valence-electron chi connectivity index (χ4n) is 5.67. The lowest BCUT2D eigenvalue weighted by Gasteiger charge is -2.36. The van der Waals surface area contributed by atoms with Crippen molar-refractivity contribution in [1.29, 1.82) is 0 Å². The predicted molar refractivity (Wildman–Crippen MR) is 141 cm³/mol. The number of fused-ring (bicyclic) bond motifs is 5. The number of nitrogens with zero attached hydrogens (tertiary/aromatic N) is 2. The van der Waals surface area contributed by atoms with Crippen molar-refractivity contribution in [1.82, 2.24) is 0 Å². The zero-order valence-electron chi connectivity index (χ0n) is 19.1. The summed E-state index contributed by atoms with van der Waals surface area (Å²) in [7, 11) is 1.55. The van der Waals surface area contributed by atoms with Crippen molar-refractivity contribution in [3.05, 3.63) is 93.4 Å². The van der Waals surface area contributed by atoms with E-state index in [1.54, 1.807) is 49.6 Å². The smallest absolute Gasteiger partial charge is 0.240 e. The second-order valence-corrected chi connectivity index (χ2v) is 10.3. The molecule has 2 saturated heterocycles. The van der Waals surface area contributed by atoms with Crippen molar-refractivity contribution in [2.24, 2.45) is 11.8 Å². The van der Waals surface area contributed by atoms with Crippen LogP contribution in [0.1, 0.15) is 15.9 Å². The summed E-state index contributed by atoms with van der Waals surface area (Å²) in [6.07, 6.45) is 3.89. The van der Waals surface area contributed by atoms with Gasteiger partial charge in [0.2, 0.25) is 11.8 Å². The number of methoxy groups -OCH3 is 1. The van der Waals surface area contributed by atoms with Crippen LogP contribution in [-0.2, 0) is 9.59 Å². The number of amides is 2. The van der Waals surface area contributed by atoms with E-state index in [2.05, 4.69) is 15.9 Å². The highest BCUT2D eigenvalue weighted by Gasteiger charge is 2.64. The van der Waals surface area contributed by atoms with Gasteiger partial charge in [0.25, 0.3) is 0 Å². The molecule has 6 rings (SSSR count). The van der Waals surface area contributed by atoms with Gasteiger partial charge in [-0.1, -0.05) is 54.1 Å². The molecule has 0 unspecified atom stereocenters. The number of anilines is 2. The first-order valence-electron chi connectivity index (χ1n) is 11.5. The van der Waals surface area contributed by atoms with Crippen LogP contribution in [0.25, 0.3) is 6.08 Å². The number of carbonyl (C=O) groups excluding carboxylic acids is 3. The van der Waals surface area contributed by atoms with Crippen LogP contribution in [0.2, 0.25) is 5.02 Å². The zero-order valence-corrected chi connectivity index (χ0v) is 21.4. The summed E-state index contributed by atoms with van der Waals surface area (Å²) in [6.45, 7) is 0. The Bertz CT molecular complexity index is 1470. The number of hydrogen-bond donors (Lipinski definition) is 0. The molecule has 3 aromatic carbocycles. The lowest BCUT2D eigenvalue weighted by molar-refractivity contribution is -0.122. The molecule has 8 heteroatoms. The Labute approximate surface area is 221 Å². The van der Waals surface area contributed by atoms with Gasteiger partial charge in [0, 0.05) is 11.3 Å². The SMILES string of the molecule is COc1ccc(C(=O)[C@H]2[C@H]3C(=O)N(c4ccccc4Cl)C(=O)[C@@H]3[C@H]3C=Cc4ccccc4N32)cc1Br. The number of halogens is 2.